The molecule has 0 amide bonds. The number of ether oxygens (including phenoxy) is 1. The van der Waals surface area contributed by atoms with Crippen LogP contribution in [0.15, 0.2) is 42.5 Å². The van der Waals surface area contributed by atoms with Crippen LogP contribution in [-0.2, 0) is 0 Å². The topological polar surface area (TPSA) is 35.9 Å². The summed E-state index contributed by atoms with van der Waals surface area (Å²) in [6.45, 7) is 7.98. The molecule has 3 rings (SSSR count). The molecule has 0 aromatic heterocycles. The van der Waals surface area contributed by atoms with Gasteiger partial charge in [0, 0.05) is 32.7 Å². The van der Waals surface area contributed by atoms with Crippen LogP contribution in [0.3, 0.4) is 0 Å². The molecule has 1 fully saturated rings. The number of nitrogens with zero attached hydrogens (tertiary/aromatic N) is 2. The summed E-state index contributed by atoms with van der Waals surface area (Å²) in [6, 6.07) is 13.0. The van der Waals surface area contributed by atoms with E-state index in [9.17, 15) is 9.50 Å². The van der Waals surface area contributed by atoms with Crippen LogP contribution in [0.4, 0.5) is 10.1 Å². The minimum Gasteiger partial charge on any atom is -0.491 e. The van der Waals surface area contributed by atoms with E-state index in [0.29, 0.717) is 12.2 Å². The highest BCUT2D eigenvalue weighted by Gasteiger charge is 2.21. The normalized spacial score (nSPS) is 16.5. The number of aliphatic hydroxyl groups excluding tert-OH is 1. The van der Waals surface area contributed by atoms with Gasteiger partial charge < -0.3 is 14.7 Å². The van der Waals surface area contributed by atoms with Crippen LogP contribution in [0, 0.1) is 19.7 Å². The molecule has 1 atom stereocenters. The summed E-state index contributed by atoms with van der Waals surface area (Å²) in [7, 11) is 0. The van der Waals surface area contributed by atoms with Gasteiger partial charge in [0.05, 0.1) is 5.69 Å². The smallest absolute Gasteiger partial charge is 0.146 e. The van der Waals surface area contributed by atoms with E-state index in [4.69, 9.17) is 4.74 Å². The number of aliphatic hydroxyl groups is 1. The number of halogens is 1. The Balaban J connectivity index is 1.45. The predicted molar refractivity (Wildman–Crippen MR) is 102 cm³/mol. The Morgan fingerprint density at radius 1 is 1.08 bits per heavy atom. The maximum absolute atomic E-state index is 13.9. The average molecular weight is 358 g/mol. The molecule has 1 N–H and O–H groups in total. The molecular formula is C21H27FN2O2. The van der Waals surface area contributed by atoms with Gasteiger partial charge in [0.2, 0.25) is 0 Å². The van der Waals surface area contributed by atoms with Crippen LogP contribution in [0.2, 0.25) is 0 Å². The standard InChI is InChI=1S/C21H27FN2O2/c1-16-7-8-17(2)21(13-16)26-15-18(25)14-23-9-11-24(12-10-23)20-6-4-3-5-19(20)22/h3-8,13,18,25H,9-12,14-15H2,1-2H3/t18-/m0/s1. The maximum Gasteiger partial charge on any atom is 0.146 e. The lowest BCUT2D eigenvalue weighted by molar-refractivity contribution is 0.0660. The number of hydrogen-bond acceptors (Lipinski definition) is 4. The monoisotopic (exact) mass is 358 g/mol. The number of benzene rings is 2. The van der Waals surface area contributed by atoms with Crippen molar-refractivity contribution in [2.75, 3.05) is 44.2 Å². The van der Waals surface area contributed by atoms with Crippen molar-refractivity contribution in [3.8, 4) is 5.75 Å². The average Bonchev–Trinajstić information content (AvgIpc) is 2.64. The number of para-hydroxylation sites is 1. The van der Waals surface area contributed by atoms with Crippen molar-refractivity contribution < 1.29 is 14.2 Å². The molecule has 1 aliphatic heterocycles. The van der Waals surface area contributed by atoms with Crippen LogP contribution in [0.5, 0.6) is 5.75 Å². The molecule has 26 heavy (non-hydrogen) atoms. The molecule has 1 aliphatic rings. The molecule has 0 spiro atoms. The number of β-amino-alcohol motifs (C(OH)–C–C–N with tert-alkyl or cyclic N) is 1. The van der Waals surface area contributed by atoms with E-state index in [1.54, 1.807) is 6.07 Å². The van der Waals surface area contributed by atoms with Gasteiger partial charge in [-0.05, 0) is 43.2 Å². The third-order valence-corrected chi connectivity index (χ3v) is 4.81. The molecule has 2 aromatic carbocycles. The summed E-state index contributed by atoms with van der Waals surface area (Å²) in [5, 5.41) is 10.3. The fourth-order valence-electron chi connectivity index (χ4n) is 3.28. The van der Waals surface area contributed by atoms with Gasteiger partial charge in [-0.3, -0.25) is 4.90 Å². The second-order valence-electron chi connectivity index (χ2n) is 6.97. The van der Waals surface area contributed by atoms with Crippen LogP contribution in [0.1, 0.15) is 11.1 Å². The lowest BCUT2D eigenvalue weighted by atomic mass is 10.1. The minimum absolute atomic E-state index is 0.178. The summed E-state index contributed by atoms with van der Waals surface area (Å²) in [6.07, 6.45) is -0.546. The zero-order chi connectivity index (χ0) is 18.5. The van der Waals surface area contributed by atoms with E-state index in [1.807, 2.05) is 44.2 Å². The largest absolute Gasteiger partial charge is 0.491 e. The zero-order valence-corrected chi connectivity index (χ0v) is 15.5. The van der Waals surface area contributed by atoms with Gasteiger partial charge in [0.25, 0.3) is 0 Å². The summed E-state index contributed by atoms with van der Waals surface area (Å²) >= 11 is 0. The first-order valence-electron chi connectivity index (χ1n) is 9.13. The van der Waals surface area contributed by atoms with Crippen molar-refractivity contribution in [2.45, 2.75) is 20.0 Å². The van der Waals surface area contributed by atoms with Gasteiger partial charge in [0.1, 0.15) is 24.3 Å². The number of hydrogen-bond donors (Lipinski definition) is 1. The molecule has 0 bridgehead atoms. The van der Waals surface area contributed by atoms with E-state index in [1.165, 1.54) is 6.07 Å². The number of rotatable bonds is 6. The van der Waals surface area contributed by atoms with Crippen molar-refractivity contribution in [1.82, 2.24) is 4.90 Å². The molecule has 5 heteroatoms. The minimum atomic E-state index is -0.546. The Kier molecular flexibility index (Phi) is 6.12. The molecule has 4 nitrogen and oxygen atoms in total. The molecule has 0 radical (unpaired) electrons. The Bertz CT molecular complexity index is 730. The Morgan fingerprint density at radius 2 is 1.81 bits per heavy atom. The van der Waals surface area contributed by atoms with Gasteiger partial charge in [-0.25, -0.2) is 4.39 Å². The van der Waals surface area contributed by atoms with Gasteiger partial charge >= 0.3 is 0 Å². The maximum atomic E-state index is 13.9. The number of anilines is 1. The second kappa shape index (κ2) is 8.52. The van der Waals surface area contributed by atoms with E-state index < -0.39 is 6.10 Å². The van der Waals surface area contributed by atoms with Crippen LogP contribution >= 0.6 is 0 Å². The summed E-state index contributed by atoms with van der Waals surface area (Å²) in [5.74, 6) is 0.649. The molecule has 1 heterocycles. The molecule has 2 aromatic rings. The summed E-state index contributed by atoms with van der Waals surface area (Å²) < 4.78 is 19.7. The molecular weight excluding hydrogens is 331 g/mol. The molecule has 0 unspecified atom stereocenters. The lowest BCUT2D eigenvalue weighted by Crippen LogP contribution is -2.49. The van der Waals surface area contributed by atoms with Gasteiger partial charge in [0.15, 0.2) is 0 Å². The Hall–Kier alpha value is -2.11. The quantitative estimate of drug-likeness (QED) is 0.861. The second-order valence-corrected chi connectivity index (χ2v) is 6.97. The third kappa shape index (κ3) is 4.74. The summed E-state index contributed by atoms with van der Waals surface area (Å²) in [4.78, 5) is 4.26. The molecule has 1 saturated heterocycles. The van der Waals surface area contributed by atoms with E-state index in [0.717, 1.165) is 43.1 Å². The number of aryl methyl sites for hydroxylation is 2. The highest BCUT2D eigenvalue weighted by molar-refractivity contribution is 5.48. The van der Waals surface area contributed by atoms with Crippen molar-refractivity contribution in [3.05, 3.63) is 59.4 Å². The van der Waals surface area contributed by atoms with E-state index >= 15 is 0 Å². The van der Waals surface area contributed by atoms with Gasteiger partial charge in [-0.1, -0.05) is 24.3 Å². The number of piperazine rings is 1. The SMILES string of the molecule is Cc1ccc(C)c(OC[C@@H](O)CN2CCN(c3ccccc3F)CC2)c1. The first kappa shape index (κ1) is 18.7. The Morgan fingerprint density at radius 3 is 2.54 bits per heavy atom. The van der Waals surface area contributed by atoms with E-state index in [-0.39, 0.29) is 12.4 Å². The fourth-order valence-corrected chi connectivity index (χ4v) is 3.28. The highest BCUT2D eigenvalue weighted by atomic mass is 19.1. The Labute approximate surface area is 154 Å². The highest BCUT2D eigenvalue weighted by Crippen LogP contribution is 2.21. The van der Waals surface area contributed by atoms with E-state index in [2.05, 4.69) is 9.80 Å². The van der Waals surface area contributed by atoms with Crippen molar-refractivity contribution in [2.24, 2.45) is 0 Å². The van der Waals surface area contributed by atoms with Crippen molar-refractivity contribution in [1.29, 1.82) is 0 Å². The van der Waals surface area contributed by atoms with Crippen LogP contribution < -0.4 is 9.64 Å². The summed E-state index contributed by atoms with van der Waals surface area (Å²) in [5.41, 5.74) is 2.87. The van der Waals surface area contributed by atoms with Crippen molar-refractivity contribution >= 4 is 5.69 Å². The molecule has 0 aliphatic carbocycles. The molecule has 0 saturated carbocycles. The van der Waals surface area contributed by atoms with Gasteiger partial charge in [-0.15, -0.1) is 0 Å². The first-order valence-corrected chi connectivity index (χ1v) is 9.13. The van der Waals surface area contributed by atoms with Gasteiger partial charge in [-0.2, -0.15) is 0 Å². The van der Waals surface area contributed by atoms with Crippen LogP contribution in [0.25, 0.3) is 0 Å². The molecule has 140 valence electrons. The lowest BCUT2D eigenvalue weighted by Gasteiger charge is -2.37. The van der Waals surface area contributed by atoms with Crippen LogP contribution in [-0.4, -0.2) is 55.4 Å². The first-order chi connectivity index (χ1) is 12.5. The third-order valence-electron chi connectivity index (χ3n) is 4.81. The van der Waals surface area contributed by atoms with Crippen molar-refractivity contribution in [3.63, 3.8) is 0 Å². The fraction of sp³-hybridized carbons (Fsp3) is 0.429. The zero-order valence-electron chi connectivity index (χ0n) is 15.5. The predicted octanol–water partition coefficient (Wildman–Crippen LogP) is 3.00.